The summed E-state index contributed by atoms with van der Waals surface area (Å²) in [5, 5.41) is 5.57. The molecule has 200 valence electrons. The molecule has 3 aliphatic rings. The van der Waals surface area contributed by atoms with Crippen LogP contribution in [0.3, 0.4) is 0 Å². The number of hydrogen-bond acceptors (Lipinski definition) is 6. The zero-order chi connectivity index (χ0) is 26.4. The van der Waals surface area contributed by atoms with Crippen LogP contribution in [-0.4, -0.2) is 71.9 Å². The van der Waals surface area contributed by atoms with E-state index >= 15 is 0 Å². The molecule has 0 radical (unpaired) electrons. The number of ether oxygens (including phenoxy) is 1. The van der Waals surface area contributed by atoms with Crippen LogP contribution in [0.2, 0.25) is 5.02 Å². The molecule has 0 bridgehead atoms. The number of nitrogens with zero attached hydrogens (tertiary/aromatic N) is 4. The Morgan fingerprint density at radius 1 is 1.18 bits per heavy atom. The molecule has 0 unspecified atom stereocenters. The van der Waals surface area contributed by atoms with Gasteiger partial charge >= 0.3 is 0 Å². The van der Waals surface area contributed by atoms with Crippen molar-refractivity contribution in [2.24, 2.45) is 11.8 Å². The summed E-state index contributed by atoms with van der Waals surface area (Å²) in [6, 6.07) is 11.8. The largest absolute Gasteiger partial charge is 0.376 e. The Balaban J connectivity index is 1.16. The van der Waals surface area contributed by atoms with Gasteiger partial charge in [0.25, 0.3) is 0 Å². The molecular weight excluding hydrogens is 505 g/mol. The third-order valence-electron chi connectivity index (χ3n) is 8.69. The number of carbonyl (C=O) groups is 1. The van der Waals surface area contributed by atoms with Gasteiger partial charge in [-0.3, -0.25) is 14.7 Å². The smallest absolute Gasteiger partial charge is 0.229 e. The summed E-state index contributed by atoms with van der Waals surface area (Å²) in [7, 11) is 0. The van der Waals surface area contributed by atoms with E-state index in [-0.39, 0.29) is 24.3 Å². The van der Waals surface area contributed by atoms with Crippen LogP contribution in [0.15, 0.2) is 48.8 Å². The number of rotatable bonds is 6. The summed E-state index contributed by atoms with van der Waals surface area (Å²) in [6.45, 7) is 7.64. The molecule has 2 saturated heterocycles. The van der Waals surface area contributed by atoms with Gasteiger partial charge in [0.2, 0.25) is 5.91 Å². The molecule has 1 aromatic carbocycles. The lowest BCUT2D eigenvalue weighted by molar-refractivity contribution is -0.117. The molecule has 0 spiro atoms. The third-order valence-corrected chi connectivity index (χ3v) is 8.99. The Morgan fingerprint density at radius 3 is 2.68 bits per heavy atom. The minimum Gasteiger partial charge on any atom is -0.376 e. The highest BCUT2D eigenvalue weighted by molar-refractivity contribution is 6.34. The lowest BCUT2D eigenvalue weighted by Gasteiger charge is -2.44. The zero-order valence-electron chi connectivity index (χ0n) is 21.7. The summed E-state index contributed by atoms with van der Waals surface area (Å²) < 4.78 is 19.9. The fourth-order valence-corrected chi connectivity index (χ4v) is 6.57. The van der Waals surface area contributed by atoms with E-state index in [9.17, 15) is 9.18 Å². The van der Waals surface area contributed by atoms with E-state index in [0.29, 0.717) is 23.4 Å². The predicted molar refractivity (Wildman–Crippen MR) is 148 cm³/mol. The molecule has 2 aromatic heterocycles. The van der Waals surface area contributed by atoms with E-state index in [1.807, 2.05) is 37.3 Å². The predicted octanol–water partition coefficient (Wildman–Crippen LogP) is 4.91. The average Bonchev–Trinajstić information content (AvgIpc) is 3.58. The van der Waals surface area contributed by atoms with Gasteiger partial charge in [-0.15, -0.1) is 0 Å². The van der Waals surface area contributed by atoms with E-state index < -0.39 is 11.7 Å². The molecule has 3 aromatic rings. The van der Waals surface area contributed by atoms with Crippen LogP contribution in [0.4, 0.5) is 15.9 Å². The van der Waals surface area contributed by atoms with Crippen LogP contribution in [0, 0.1) is 11.8 Å². The number of nitrogens with one attached hydrogen (secondary N) is 1. The molecule has 1 N–H and O–H groups in total. The van der Waals surface area contributed by atoms with E-state index in [2.05, 4.69) is 38.1 Å². The van der Waals surface area contributed by atoms with Gasteiger partial charge in [0, 0.05) is 55.6 Å². The zero-order valence-corrected chi connectivity index (χ0v) is 22.5. The van der Waals surface area contributed by atoms with Crippen molar-refractivity contribution in [3.8, 4) is 0 Å². The number of anilines is 2. The summed E-state index contributed by atoms with van der Waals surface area (Å²) in [4.78, 5) is 26.6. The molecule has 6 rings (SSSR count). The molecule has 1 aliphatic carbocycles. The van der Waals surface area contributed by atoms with Gasteiger partial charge in [-0.1, -0.05) is 31.0 Å². The Bertz CT molecular complexity index is 1340. The molecule has 38 heavy (non-hydrogen) atoms. The van der Waals surface area contributed by atoms with Gasteiger partial charge in [0.1, 0.15) is 12.0 Å². The molecule has 3 fully saturated rings. The van der Waals surface area contributed by atoms with E-state index in [0.717, 1.165) is 54.8 Å². The lowest BCUT2D eigenvalue weighted by Crippen LogP contribution is -2.59. The fourth-order valence-electron chi connectivity index (χ4n) is 6.28. The minimum absolute atomic E-state index is 0.0137. The summed E-state index contributed by atoms with van der Waals surface area (Å²) in [5.41, 5.74) is 1.35. The highest BCUT2D eigenvalue weighted by atomic mass is 35.5. The monoisotopic (exact) mass is 537 g/mol. The van der Waals surface area contributed by atoms with Gasteiger partial charge in [-0.2, -0.15) is 0 Å². The minimum atomic E-state index is -0.970. The maximum absolute atomic E-state index is 14.5. The molecule has 2 aliphatic heterocycles. The first kappa shape index (κ1) is 25.5. The van der Waals surface area contributed by atoms with E-state index in [1.165, 1.54) is 0 Å². The fraction of sp³-hybridized carbons (Fsp3) is 0.483. The molecule has 1 saturated carbocycles. The highest BCUT2D eigenvalue weighted by Crippen LogP contribution is 2.55. The lowest BCUT2D eigenvalue weighted by atomic mass is 9.96. The number of alkyl halides is 1. The van der Waals surface area contributed by atoms with Crippen molar-refractivity contribution in [1.29, 1.82) is 0 Å². The van der Waals surface area contributed by atoms with E-state index in [4.69, 9.17) is 16.3 Å². The van der Waals surface area contributed by atoms with Gasteiger partial charge in [-0.05, 0) is 48.6 Å². The van der Waals surface area contributed by atoms with Crippen molar-refractivity contribution in [1.82, 2.24) is 14.9 Å². The van der Waals surface area contributed by atoms with Crippen LogP contribution >= 0.6 is 11.6 Å². The number of hydrogen-bond donors (Lipinski definition) is 1. The first-order valence-corrected chi connectivity index (χ1v) is 13.8. The van der Waals surface area contributed by atoms with Crippen LogP contribution in [0.25, 0.3) is 10.8 Å². The Kier molecular flexibility index (Phi) is 6.74. The molecule has 5 atom stereocenters. The van der Waals surface area contributed by atoms with Crippen molar-refractivity contribution >= 4 is 39.8 Å². The number of carbonyl (C=O) groups excluding carboxylic acids is 1. The van der Waals surface area contributed by atoms with Crippen LogP contribution < -0.4 is 10.2 Å². The second kappa shape index (κ2) is 10.1. The molecular formula is C29H33ClFN5O2. The number of halogens is 2. The van der Waals surface area contributed by atoms with Gasteiger partial charge in [-0.25, -0.2) is 9.37 Å². The number of benzene rings is 1. The molecule has 7 nitrogen and oxygen atoms in total. The van der Waals surface area contributed by atoms with Crippen molar-refractivity contribution in [3.05, 3.63) is 59.5 Å². The summed E-state index contributed by atoms with van der Waals surface area (Å²) in [5.74, 6) is 0.864. The molecule has 1 amide bonds. The maximum atomic E-state index is 14.5. The maximum Gasteiger partial charge on any atom is 0.229 e. The van der Waals surface area contributed by atoms with Crippen LogP contribution in [-0.2, 0) is 9.53 Å². The normalized spacial score (nSPS) is 29.5. The first-order valence-electron chi connectivity index (χ1n) is 13.4. The molecule has 4 heterocycles. The number of amides is 1. The number of aromatic nitrogens is 2. The molecule has 9 heteroatoms. The quantitative estimate of drug-likeness (QED) is 0.482. The number of pyridine rings is 2. The topological polar surface area (TPSA) is 70.6 Å². The standard InChI is InChI=1S/C29H33ClFN5O2/c1-3-20-26(22-6-4-5-7-32-22)27(20)28(37)34-25-14-18-13-23(21(30)12-19(18)15-33-25)35-8-10-36(11-9-35)29(2)17-38-16-24(29)31/h4-7,12-15,20,24,26-27H,3,8-11,16-17H2,1-2H3,(H,33,34,37)/t20-,24-,26-,27+,29+/m0/s1. The summed E-state index contributed by atoms with van der Waals surface area (Å²) in [6.07, 6.45) is 3.49. The summed E-state index contributed by atoms with van der Waals surface area (Å²) >= 11 is 6.69. The van der Waals surface area contributed by atoms with E-state index in [1.54, 1.807) is 12.4 Å². The number of piperazine rings is 1. The first-order chi connectivity index (χ1) is 18.4. The second-order valence-electron chi connectivity index (χ2n) is 10.9. The van der Waals surface area contributed by atoms with Crippen molar-refractivity contribution in [3.63, 3.8) is 0 Å². The van der Waals surface area contributed by atoms with Gasteiger partial charge in [0.05, 0.1) is 35.4 Å². The average molecular weight is 538 g/mol. The van der Waals surface area contributed by atoms with Crippen molar-refractivity contribution in [2.45, 2.75) is 37.9 Å². The van der Waals surface area contributed by atoms with Crippen molar-refractivity contribution in [2.75, 3.05) is 49.6 Å². The SMILES string of the molecule is CC[C@@H]1[C@@H](C(=O)Nc2cc3cc(N4CCN([C@]5(C)COC[C@@H]5F)CC4)c(Cl)cc3cn2)[C@@H]1c1ccccn1. The van der Waals surface area contributed by atoms with Gasteiger partial charge in [0.15, 0.2) is 0 Å². The third kappa shape index (κ3) is 4.52. The Labute approximate surface area is 227 Å². The van der Waals surface area contributed by atoms with Crippen LogP contribution in [0.5, 0.6) is 0 Å². The Hall–Kier alpha value is -2.81. The van der Waals surface area contributed by atoms with Gasteiger partial charge < -0.3 is 15.0 Å². The Morgan fingerprint density at radius 2 is 2.00 bits per heavy atom. The van der Waals surface area contributed by atoms with Crippen LogP contribution in [0.1, 0.15) is 31.9 Å². The van der Waals surface area contributed by atoms with Crippen molar-refractivity contribution < 1.29 is 13.9 Å². The highest BCUT2D eigenvalue weighted by Gasteiger charge is 2.55. The number of fused-ring (bicyclic) bond motifs is 1. The second-order valence-corrected chi connectivity index (χ2v) is 11.3.